The molecule has 15 heavy (non-hydrogen) atoms. The summed E-state index contributed by atoms with van der Waals surface area (Å²) < 4.78 is 10.8. The van der Waals surface area contributed by atoms with Gasteiger partial charge in [0.25, 0.3) is 0 Å². The Balaban J connectivity index is 2.30. The molecule has 1 aliphatic rings. The zero-order chi connectivity index (χ0) is 11.5. The molecule has 0 aliphatic carbocycles. The van der Waals surface area contributed by atoms with Crippen LogP contribution >= 0.6 is 0 Å². The minimum atomic E-state index is -0.208. The molecule has 88 valence electrons. The van der Waals surface area contributed by atoms with E-state index in [2.05, 4.69) is 0 Å². The van der Waals surface area contributed by atoms with Gasteiger partial charge in [0.2, 0.25) is 0 Å². The predicted molar refractivity (Wildman–Crippen MR) is 58.9 cm³/mol. The van der Waals surface area contributed by atoms with Gasteiger partial charge >= 0.3 is 0 Å². The molecule has 0 bridgehead atoms. The molecule has 2 unspecified atom stereocenters. The Labute approximate surface area is 92.1 Å². The molecular weight excluding hydrogens is 192 g/mol. The lowest BCUT2D eigenvalue weighted by atomic mass is 9.98. The number of carbonyl (C=O) groups is 1. The molecule has 0 radical (unpaired) electrons. The Morgan fingerprint density at radius 3 is 2.60 bits per heavy atom. The second kappa shape index (κ2) is 5.08. The summed E-state index contributed by atoms with van der Waals surface area (Å²) in [6.45, 7) is 6.02. The van der Waals surface area contributed by atoms with Gasteiger partial charge in [-0.2, -0.15) is 0 Å². The molecule has 2 atom stereocenters. The van der Waals surface area contributed by atoms with Gasteiger partial charge in [0, 0.05) is 13.5 Å². The molecule has 0 amide bonds. The SMILES string of the molecule is COC(C)(C)CCC(=O)C1CCC(C)O1. The molecule has 1 saturated heterocycles. The summed E-state index contributed by atoms with van der Waals surface area (Å²) in [5, 5.41) is 0. The second-order valence-corrected chi connectivity index (χ2v) is 4.94. The Kier molecular flexibility index (Phi) is 4.29. The van der Waals surface area contributed by atoms with E-state index in [4.69, 9.17) is 9.47 Å². The fourth-order valence-corrected chi connectivity index (χ4v) is 1.73. The largest absolute Gasteiger partial charge is 0.379 e. The zero-order valence-electron chi connectivity index (χ0n) is 10.2. The van der Waals surface area contributed by atoms with Crippen molar-refractivity contribution >= 4 is 5.78 Å². The van der Waals surface area contributed by atoms with Crippen LogP contribution in [0.15, 0.2) is 0 Å². The van der Waals surface area contributed by atoms with E-state index < -0.39 is 0 Å². The molecule has 0 spiro atoms. The molecule has 3 heteroatoms. The van der Waals surface area contributed by atoms with Crippen LogP contribution in [-0.2, 0) is 14.3 Å². The fourth-order valence-electron chi connectivity index (χ4n) is 1.73. The average molecular weight is 214 g/mol. The van der Waals surface area contributed by atoms with Crippen molar-refractivity contribution in [2.24, 2.45) is 0 Å². The summed E-state index contributed by atoms with van der Waals surface area (Å²) in [5.41, 5.74) is -0.208. The van der Waals surface area contributed by atoms with Crippen LogP contribution in [0, 0.1) is 0 Å². The second-order valence-electron chi connectivity index (χ2n) is 4.94. The number of Topliss-reactive ketones (excluding diaryl/α,β-unsaturated/α-hetero) is 1. The first-order chi connectivity index (χ1) is 6.94. The third-order valence-electron chi connectivity index (χ3n) is 3.12. The van der Waals surface area contributed by atoms with E-state index in [1.165, 1.54) is 0 Å². The maximum Gasteiger partial charge on any atom is 0.161 e. The highest BCUT2D eigenvalue weighted by molar-refractivity contribution is 5.83. The Hall–Kier alpha value is -0.410. The molecule has 0 aromatic rings. The topological polar surface area (TPSA) is 35.5 Å². The van der Waals surface area contributed by atoms with Crippen molar-refractivity contribution in [3.63, 3.8) is 0 Å². The molecule has 1 rings (SSSR count). The van der Waals surface area contributed by atoms with Crippen LogP contribution in [0.5, 0.6) is 0 Å². The van der Waals surface area contributed by atoms with Gasteiger partial charge in [-0.3, -0.25) is 4.79 Å². The van der Waals surface area contributed by atoms with Gasteiger partial charge in [-0.25, -0.2) is 0 Å². The Bertz CT molecular complexity index is 223. The van der Waals surface area contributed by atoms with Crippen LogP contribution in [0.3, 0.4) is 0 Å². The van der Waals surface area contributed by atoms with E-state index in [0.29, 0.717) is 6.42 Å². The average Bonchev–Trinajstić information content (AvgIpc) is 2.61. The molecule has 1 fully saturated rings. The number of methoxy groups -OCH3 is 1. The number of hydrogen-bond donors (Lipinski definition) is 0. The number of ether oxygens (including phenoxy) is 2. The van der Waals surface area contributed by atoms with Crippen molar-refractivity contribution in [1.82, 2.24) is 0 Å². The summed E-state index contributed by atoms with van der Waals surface area (Å²) in [4.78, 5) is 11.8. The van der Waals surface area contributed by atoms with Crippen LogP contribution in [0.1, 0.15) is 46.5 Å². The number of rotatable bonds is 5. The van der Waals surface area contributed by atoms with E-state index in [1.807, 2.05) is 20.8 Å². The van der Waals surface area contributed by atoms with Crippen molar-refractivity contribution < 1.29 is 14.3 Å². The summed E-state index contributed by atoms with van der Waals surface area (Å²) in [5.74, 6) is 0.226. The van der Waals surface area contributed by atoms with Crippen LogP contribution in [0.4, 0.5) is 0 Å². The monoisotopic (exact) mass is 214 g/mol. The number of ketones is 1. The van der Waals surface area contributed by atoms with Crippen LogP contribution in [0.25, 0.3) is 0 Å². The number of carbonyl (C=O) groups excluding carboxylic acids is 1. The molecule has 0 N–H and O–H groups in total. The van der Waals surface area contributed by atoms with Gasteiger partial charge in [-0.15, -0.1) is 0 Å². The lowest BCUT2D eigenvalue weighted by Gasteiger charge is -2.22. The summed E-state index contributed by atoms with van der Waals surface area (Å²) >= 11 is 0. The third-order valence-corrected chi connectivity index (χ3v) is 3.12. The molecule has 1 aliphatic heterocycles. The minimum absolute atomic E-state index is 0.160. The van der Waals surface area contributed by atoms with Crippen molar-refractivity contribution in [2.45, 2.75) is 64.3 Å². The standard InChI is InChI=1S/C12H22O3/c1-9-5-6-11(15-9)10(13)7-8-12(2,3)14-4/h9,11H,5-8H2,1-4H3. The van der Waals surface area contributed by atoms with Crippen molar-refractivity contribution in [3.05, 3.63) is 0 Å². The fraction of sp³-hybridized carbons (Fsp3) is 0.917. The van der Waals surface area contributed by atoms with Gasteiger partial charge in [-0.05, 0) is 40.0 Å². The van der Waals surface area contributed by atoms with E-state index in [9.17, 15) is 4.79 Å². The predicted octanol–water partition coefficient (Wildman–Crippen LogP) is 2.33. The van der Waals surface area contributed by atoms with Crippen molar-refractivity contribution in [1.29, 1.82) is 0 Å². The molecule has 0 saturated carbocycles. The molecular formula is C12H22O3. The minimum Gasteiger partial charge on any atom is -0.379 e. The first-order valence-corrected chi connectivity index (χ1v) is 5.68. The smallest absolute Gasteiger partial charge is 0.161 e. The lowest BCUT2D eigenvalue weighted by molar-refractivity contribution is -0.130. The maximum atomic E-state index is 11.8. The highest BCUT2D eigenvalue weighted by atomic mass is 16.5. The van der Waals surface area contributed by atoms with Crippen molar-refractivity contribution in [3.8, 4) is 0 Å². The Morgan fingerprint density at radius 1 is 1.47 bits per heavy atom. The maximum absolute atomic E-state index is 11.8. The van der Waals surface area contributed by atoms with Crippen LogP contribution in [-0.4, -0.2) is 30.7 Å². The van der Waals surface area contributed by atoms with Crippen LogP contribution < -0.4 is 0 Å². The first kappa shape index (κ1) is 12.7. The van der Waals surface area contributed by atoms with Crippen molar-refractivity contribution in [2.75, 3.05) is 7.11 Å². The van der Waals surface area contributed by atoms with Crippen LogP contribution in [0.2, 0.25) is 0 Å². The molecule has 1 heterocycles. The first-order valence-electron chi connectivity index (χ1n) is 5.68. The highest BCUT2D eigenvalue weighted by Gasteiger charge is 2.29. The molecule has 0 aromatic heterocycles. The van der Waals surface area contributed by atoms with E-state index >= 15 is 0 Å². The van der Waals surface area contributed by atoms with Gasteiger partial charge in [0.15, 0.2) is 5.78 Å². The van der Waals surface area contributed by atoms with Gasteiger partial charge in [0.1, 0.15) is 6.10 Å². The van der Waals surface area contributed by atoms with Gasteiger partial charge < -0.3 is 9.47 Å². The molecule has 3 nitrogen and oxygen atoms in total. The normalized spacial score (nSPS) is 26.9. The van der Waals surface area contributed by atoms with E-state index in [1.54, 1.807) is 7.11 Å². The molecule has 0 aromatic carbocycles. The Morgan fingerprint density at radius 2 is 2.13 bits per heavy atom. The van der Waals surface area contributed by atoms with E-state index in [-0.39, 0.29) is 23.6 Å². The summed E-state index contributed by atoms with van der Waals surface area (Å²) in [6.07, 6.45) is 3.29. The zero-order valence-corrected chi connectivity index (χ0v) is 10.2. The summed E-state index contributed by atoms with van der Waals surface area (Å²) in [7, 11) is 1.68. The van der Waals surface area contributed by atoms with E-state index in [0.717, 1.165) is 19.3 Å². The highest BCUT2D eigenvalue weighted by Crippen LogP contribution is 2.23. The lowest BCUT2D eigenvalue weighted by Crippen LogP contribution is -2.27. The summed E-state index contributed by atoms with van der Waals surface area (Å²) in [6, 6.07) is 0. The number of hydrogen-bond acceptors (Lipinski definition) is 3. The van der Waals surface area contributed by atoms with Gasteiger partial charge in [-0.1, -0.05) is 0 Å². The third kappa shape index (κ3) is 3.92. The van der Waals surface area contributed by atoms with Gasteiger partial charge in [0.05, 0.1) is 11.7 Å². The quantitative estimate of drug-likeness (QED) is 0.704.